The highest BCUT2D eigenvalue weighted by Crippen LogP contribution is 2.42. The molecule has 0 N–H and O–H groups in total. The molecule has 0 fully saturated rings. The van der Waals surface area contributed by atoms with Crippen molar-refractivity contribution in [2.24, 2.45) is 0 Å². The number of Topliss-reactive ketones (excluding diaryl/α,β-unsaturated/α-hetero) is 1. The first-order valence-electron chi connectivity index (χ1n) is 10.2. The SMILES string of the molecule is O=C1/C(=C/C=C/c2ccccc2)Oc2c1ccc1c2CN(Cc2ccc(Cl)cc2Cl)CO1. The molecule has 6 heteroatoms. The number of benzene rings is 3. The number of hydrogen-bond acceptors (Lipinski definition) is 4. The zero-order valence-corrected chi connectivity index (χ0v) is 18.6. The number of hydrogen-bond donors (Lipinski definition) is 0. The first-order chi connectivity index (χ1) is 15.6. The van der Waals surface area contributed by atoms with Crippen LogP contribution in [0.25, 0.3) is 6.08 Å². The summed E-state index contributed by atoms with van der Waals surface area (Å²) in [7, 11) is 0. The number of carbonyl (C=O) groups excluding carboxylic acids is 1. The van der Waals surface area contributed by atoms with Crippen LogP contribution in [0, 0.1) is 0 Å². The third-order valence-electron chi connectivity index (χ3n) is 5.43. The highest BCUT2D eigenvalue weighted by Gasteiger charge is 2.33. The van der Waals surface area contributed by atoms with Crippen molar-refractivity contribution in [1.82, 2.24) is 4.90 Å². The van der Waals surface area contributed by atoms with Crippen LogP contribution in [0.5, 0.6) is 11.5 Å². The van der Waals surface area contributed by atoms with Crippen LogP contribution in [0.4, 0.5) is 0 Å². The molecule has 2 aliphatic rings. The van der Waals surface area contributed by atoms with Crippen molar-refractivity contribution >= 4 is 35.1 Å². The lowest BCUT2D eigenvalue weighted by atomic mass is 10.0. The monoisotopic (exact) mass is 463 g/mol. The van der Waals surface area contributed by atoms with E-state index in [0.29, 0.717) is 46.9 Å². The molecule has 0 aromatic heterocycles. The number of nitrogens with zero attached hydrogens (tertiary/aromatic N) is 1. The molecular weight excluding hydrogens is 445 g/mol. The van der Waals surface area contributed by atoms with Crippen LogP contribution in [-0.4, -0.2) is 17.4 Å². The van der Waals surface area contributed by atoms with Crippen molar-refractivity contribution in [2.75, 3.05) is 6.73 Å². The van der Waals surface area contributed by atoms with E-state index in [2.05, 4.69) is 4.90 Å². The van der Waals surface area contributed by atoms with E-state index in [0.717, 1.165) is 22.4 Å². The Hall–Kier alpha value is -3.05. The maximum Gasteiger partial charge on any atom is 0.231 e. The lowest BCUT2D eigenvalue weighted by Crippen LogP contribution is -2.31. The summed E-state index contributed by atoms with van der Waals surface area (Å²) < 4.78 is 11.9. The van der Waals surface area contributed by atoms with E-state index in [1.807, 2.05) is 60.7 Å². The van der Waals surface area contributed by atoms with Gasteiger partial charge in [0.15, 0.2) is 5.76 Å². The molecule has 2 aliphatic heterocycles. The highest BCUT2D eigenvalue weighted by molar-refractivity contribution is 6.35. The summed E-state index contributed by atoms with van der Waals surface area (Å²) in [5.41, 5.74) is 3.43. The zero-order chi connectivity index (χ0) is 22.1. The van der Waals surface area contributed by atoms with Crippen LogP contribution in [0.2, 0.25) is 10.0 Å². The van der Waals surface area contributed by atoms with E-state index in [1.165, 1.54) is 0 Å². The summed E-state index contributed by atoms with van der Waals surface area (Å²) >= 11 is 12.3. The average Bonchev–Trinajstić information content (AvgIpc) is 3.12. The number of fused-ring (bicyclic) bond motifs is 3. The molecule has 32 heavy (non-hydrogen) atoms. The molecule has 3 aromatic carbocycles. The molecule has 0 unspecified atom stereocenters. The van der Waals surface area contributed by atoms with E-state index < -0.39 is 0 Å². The summed E-state index contributed by atoms with van der Waals surface area (Å²) in [6, 6.07) is 19.0. The van der Waals surface area contributed by atoms with E-state index in [9.17, 15) is 4.79 Å². The van der Waals surface area contributed by atoms with Gasteiger partial charge in [0.2, 0.25) is 5.78 Å². The Labute approximate surface area is 196 Å². The van der Waals surface area contributed by atoms with Gasteiger partial charge in [-0.05, 0) is 41.5 Å². The van der Waals surface area contributed by atoms with Crippen molar-refractivity contribution in [3.05, 3.63) is 111 Å². The Balaban J connectivity index is 1.37. The molecule has 4 nitrogen and oxygen atoms in total. The first kappa shape index (κ1) is 20.8. The van der Waals surface area contributed by atoms with Crippen molar-refractivity contribution < 1.29 is 14.3 Å². The lowest BCUT2D eigenvalue weighted by Gasteiger charge is -2.30. The first-order valence-corrected chi connectivity index (χ1v) is 10.9. The van der Waals surface area contributed by atoms with Crippen molar-refractivity contribution in [3.8, 4) is 11.5 Å². The summed E-state index contributed by atoms with van der Waals surface area (Å²) in [4.78, 5) is 15.0. The van der Waals surface area contributed by atoms with E-state index >= 15 is 0 Å². The predicted octanol–water partition coefficient (Wildman–Crippen LogP) is 6.52. The molecule has 2 heterocycles. The second kappa shape index (κ2) is 8.83. The average molecular weight is 464 g/mol. The Morgan fingerprint density at radius 3 is 2.69 bits per heavy atom. The number of allylic oxidation sites excluding steroid dienone is 3. The quantitative estimate of drug-likeness (QED) is 0.412. The van der Waals surface area contributed by atoms with Gasteiger partial charge in [0.05, 0.1) is 11.1 Å². The van der Waals surface area contributed by atoms with Gasteiger partial charge in [0.1, 0.15) is 18.2 Å². The van der Waals surface area contributed by atoms with E-state index in [-0.39, 0.29) is 5.78 Å². The highest BCUT2D eigenvalue weighted by atomic mass is 35.5. The van der Waals surface area contributed by atoms with Gasteiger partial charge in [0.25, 0.3) is 0 Å². The van der Waals surface area contributed by atoms with Gasteiger partial charge in [-0.2, -0.15) is 0 Å². The van der Waals surface area contributed by atoms with Gasteiger partial charge >= 0.3 is 0 Å². The van der Waals surface area contributed by atoms with Gasteiger partial charge in [0, 0.05) is 23.1 Å². The molecule has 160 valence electrons. The topological polar surface area (TPSA) is 38.8 Å². The van der Waals surface area contributed by atoms with Crippen LogP contribution in [0.15, 0.2) is 78.6 Å². The number of carbonyl (C=O) groups is 1. The van der Waals surface area contributed by atoms with Crippen molar-refractivity contribution in [3.63, 3.8) is 0 Å². The fourth-order valence-corrected chi connectivity index (χ4v) is 4.29. The summed E-state index contributed by atoms with van der Waals surface area (Å²) in [6.45, 7) is 1.59. The Morgan fingerprint density at radius 2 is 1.88 bits per heavy atom. The zero-order valence-electron chi connectivity index (χ0n) is 17.1. The van der Waals surface area contributed by atoms with Crippen LogP contribution in [0.3, 0.4) is 0 Å². The number of ketones is 1. The number of halogens is 2. The van der Waals surface area contributed by atoms with Gasteiger partial charge in [-0.25, -0.2) is 0 Å². The number of ether oxygens (including phenoxy) is 2. The minimum atomic E-state index is -0.126. The maximum absolute atomic E-state index is 12.9. The minimum absolute atomic E-state index is 0.126. The normalized spacial score (nSPS) is 16.7. The predicted molar refractivity (Wildman–Crippen MR) is 126 cm³/mol. The van der Waals surface area contributed by atoms with Gasteiger partial charge in [-0.1, -0.05) is 71.8 Å². The molecule has 0 radical (unpaired) electrons. The molecule has 0 spiro atoms. The van der Waals surface area contributed by atoms with Crippen LogP contribution in [-0.2, 0) is 13.1 Å². The minimum Gasteiger partial charge on any atom is -0.478 e. The fourth-order valence-electron chi connectivity index (χ4n) is 3.82. The van der Waals surface area contributed by atoms with Crippen LogP contribution in [0.1, 0.15) is 27.0 Å². The van der Waals surface area contributed by atoms with Crippen LogP contribution < -0.4 is 9.47 Å². The van der Waals surface area contributed by atoms with Crippen LogP contribution >= 0.6 is 23.2 Å². The molecule has 0 amide bonds. The molecule has 5 rings (SSSR count). The lowest BCUT2D eigenvalue weighted by molar-refractivity contribution is 0.0873. The fraction of sp³-hybridized carbons (Fsp3) is 0.115. The Bertz CT molecular complexity index is 1250. The standard InChI is InChI=1S/C26H19Cl2NO3/c27-19-10-9-18(22(28)13-19)14-29-15-21-23(31-16-29)12-11-20-25(30)24(32-26(20)21)8-4-7-17-5-2-1-3-6-17/h1-13H,14-16H2/b7-4+,24-8-. The third-order valence-corrected chi connectivity index (χ3v) is 6.01. The summed E-state index contributed by atoms with van der Waals surface area (Å²) in [5, 5.41) is 1.22. The molecule has 3 aromatic rings. The van der Waals surface area contributed by atoms with E-state index in [1.54, 1.807) is 18.2 Å². The largest absolute Gasteiger partial charge is 0.478 e. The van der Waals surface area contributed by atoms with Crippen molar-refractivity contribution in [2.45, 2.75) is 13.1 Å². The molecule has 0 saturated carbocycles. The maximum atomic E-state index is 12.9. The molecular formula is C26H19Cl2NO3. The summed E-state index contributed by atoms with van der Waals surface area (Å²) in [5.74, 6) is 1.48. The van der Waals surface area contributed by atoms with E-state index in [4.69, 9.17) is 32.7 Å². The molecule has 0 aliphatic carbocycles. The molecule has 0 saturated heterocycles. The third kappa shape index (κ3) is 4.17. The smallest absolute Gasteiger partial charge is 0.231 e. The summed E-state index contributed by atoms with van der Waals surface area (Å²) in [6.07, 6.45) is 5.46. The molecule has 0 bridgehead atoms. The van der Waals surface area contributed by atoms with Gasteiger partial charge in [-0.15, -0.1) is 0 Å². The molecule has 0 atom stereocenters. The second-order valence-electron chi connectivity index (χ2n) is 7.65. The number of rotatable bonds is 4. The van der Waals surface area contributed by atoms with Crippen molar-refractivity contribution in [1.29, 1.82) is 0 Å². The van der Waals surface area contributed by atoms with Gasteiger partial charge in [-0.3, -0.25) is 9.69 Å². The Kier molecular flexibility index (Phi) is 5.75. The van der Waals surface area contributed by atoms with Gasteiger partial charge < -0.3 is 9.47 Å². The Morgan fingerprint density at radius 1 is 1.03 bits per heavy atom. The second-order valence-corrected chi connectivity index (χ2v) is 8.49.